The van der Waals surface area contributed by atoms with Gasteiger partial charge in [-0.1, -0.05) is 6.08 Å². The molecule has 0 aromatic carbocycles. The number of alkyl halides is 4. The van der Waals surface area contributed by atoms with Crippen LogP contribution >= 0.6 is 0 Å². The van der Waals surface area contributed by atoms with Crippen LogP contribution in [0.25, 0.3) is 0 Å². The molecule has 0 aliphatic carbocycles. The molecule has 0 aliphatic rings. The molecule has 0 nitrogen and oxygen atoms in total. The van der Waals surface area contributed by atoms with Gasteiger partial charge in [0.1, 0.15) is 6.67 Å². The van der Waals surface area contributed by atoms with E-state index in [0.29, 0.717) is 0 Å². The van der Waals surface area contributed by atoms with Crippen molar-refractivity contribution in [1.82, 2.24) is 0 Å². The first-order valence-corrected chi connectivity index (χ1v) is 2.63. The minimum absolute atomic E-state index is 0.0429. The zero-order valence-electron chi connectivity index (χ0n) is 5.21. The summed E-state index contributed by atoms with van der Waals surface area (Å²) in [5.41, 5.74) is -1.15. The third kappa shape index (κ3) is 2.85. The first-order valence-electron chi connectivity index (χ1n) is 2.63. The molecule has 0 spiro atoms. The summed E-state index contributed by atoms with van der Waals surface area (Å²) in [4.78, 5) is 0. The molecule has 0 N–H and O–H groups in total. The van der Waals surface area contributed by atoms with Crippen molar-refractivity contribution in [2.45, 2.75) is 12.6 Å². The highest BCUT2D eigenvalue weighted by Gasteiger charge is 2.32. The Morgan fingerprint density at radius 1 is 1.40 bits per heavy atom. The van der Waals surface area contributed by atoms with E-state index in [1.165, 1.54) is 0 Å². The molecule has 0 atom stereocenters. The third-order valence-corrected chi connectivity index (χ3v) is 0.899. The first-order chi connectivity index (χ1) is 4.52. The smallest absolute Gasteiger partial charge is 0.246 e. The van der Waals surface area contributed by atoms with Crippen LogP contribution in [0, 0.1) is 6.92 Å². The molecule has 59 valence electrons. The molecule has 0 bridgehead atoms. The van der Waals surface area contributed by atoms with Crippen molar-refractivity contribution < 1.29 is 17.6 Å². The summed E-state index contributed by atoms with van der Waals surface area (Å²) < 4.78 is 46.2. The molecule has 0 aliphatic heterocycles. The summed E-state index contributed by atoms with van der Waals surface area (Å²) in [6, 6.07) is 0. The Balaban J connectivity index is 4.21. The zero-order chi connectivity index (χ0) is 8.20. The van der Waals surface area contributed by atoms with Gasteiger partial charge in [0.15, 0.2) is 0 Å². The lowest BCUT2D eigenvalue weighted by Gasteiger charge is -2.06. The molecule has 0 fully saturated rings. The van der Waals surface area contributed by atoms with E-state index < -0.39 is 18.4 Å². The predicted octanol–water partition coefficient (Wildman–Crippen LogP) is 2.67. The van der Waals surface area contributed by atoms with Crippen molar-refractivity contribution in [3.05, 3.63) is 18.6 Å². The molecule has 0 saturated heterocycles. The third-order valence-electron chi connectivity index (χ3n) is 0.899. The summed E-state index contributed by atoms with van der Waals surface area (Å²) >= 11 is 0. The maximum absolute atomic E-state index is 11.6. The van der Waals surface area contributed by atoms with Gasteiger partial charge in [-0.25, -0.2) is 4.39 Å². The molecule has 0 saturated carbocycles. The van der Waals surface area contributed by atoms with Crippen molar-refractivity contribution in [1.29, 1.82) is 0 Å². The van der Waals surface area contributed by atoms with Crippen LogP contribution in [0.3, 0.4) is 0 Å². The van der Waals surface area contributed by atoms with E-state index in [1.807, 2.05) is 0 Å². The van der Waals surface area contributed by atoms with Crippen LogP contribution in [-0.4, -0.2) is 12.9 Å². The van der Waals surface area contributed by atoms with Gasteiger partial charge in [0, 0.05) is 0 Å². The molecule has 10 heavy (non-hydrogen) atoms. The normalized spacial score (nSPS) is 13.9. The van der Waals surface area contributed by atoms with E-state index in [9.17, 15) is 17.6 Å². The zero-order valence-corrected chi connectivity index (χ0v) is 5.21. The Bertz CT molecular complexity index is 122. The van der Waals surface area contributed by atoms with Crippen LogP contribution in [0.15, 0.2) is 11.6 Å². The van der Waals surface area contributed by atoms with E-state index in [1.54, 1.807) is 0 Å². The second-order valence-corrected chi connectivity index (χ2v) is 1.65. The predicted molar refractivity (Wildman–Crippen MR) is 30.1 cm³/mol. The highest BCUT2D eigenvalue weighted by molar-refractivity contribution is 5.09. The van der Waals surface area contributed by atoms with Crippen molar-refractivity contribution in [2.75, 3.05) is 6.67 Å². The van der Waals surface area contributed by atoms with Gasteiger partial charge in [-0.05, 0) is 13.3 Å². The molecule has 0 amide bonds. The van der Waals surface area contributed by atoms with Crippen LogP contribution in [0.5, 0.6) is 0 Å². The van der Waals surface area contributed by atoms with E-state index in [-0.39, 0.29) is 6.42 Å². The Morgan fingerprint density at radius 2 is 1.90 bits per heavy atom. The van der Waals surface area contributed by atoms with Gasteiger partial charge in [0.2, 0.25) is 0 Å². The van der Waals surface area contributed by atoms with Gasteiger partial charge in [-0.15, -0.1) is 0 Å². The van der Waals surface area contributed by atoms with Gasteiger partial charge in [0.25, 0.3) is 0 Å². The van der Waals surface area contributed by atoms with E-state index in [2.05, 4.69) is 6.92 Å². The molecule has 0 aromatic rings. The lowest BCUT2D eigenvalue weighted by molar-refractivity contribution is -0.0952. The molecular formula is C6H7F4. The Hall–Kier alpha value is -0.540. The van der Waals surface area contributed by atoms with Crippen molar-refractivity contribution in [3.63, 3.8) is 0 Å². The standard InChI is InChI=1S/C6H7F4/c1-2-3-5(4-7)6(8,9)10/h3H,1-2,4H2. The number of allylic oxidation sites excluding steroid dienone is 2. The molecule has 0 rings (SSSR count). The van der Waals surface area contributed by atoms with Crippen molar-refractivity contribution in [3.8, 4) is 0 Å². The largest absolute Gasteiger partial charge is 0.414 e. The highest BCUT2D eigenvalue weighted by atomic mass is 19.4. The monoisotopic (exact) mass is 155 g/mol. The van der Waals surface area contributed by atoms with E-state index >= 15 is 0 Å². The van der Waals surface area contributed by atoms with E-state index in [4.69, 9.17) is 0 Å². The molecule has 0 heterocycles. The quantitative estimate of drug-likeness (QED) is 0.424. The average molecular weight is 155 g/mol. The maximum atomic E-state index is 11.6. The summed E-state index contributed by atoms with van der Waals surface area (Å²) in [5.74, 6) is 0. The van der Waals surface area contributed by atoms with Crippen molar-refractivity contribution >= 4 is 0 Å². The van der Waals surface area contributed by atoms with Crippen LogP contribution < -0.4 is 0 Å². The number of hydrogen-bond acceptors (Lipinski definition) is 0. The fraction of sp³-hybridized carbons (Fsp3) is 0.500. The minimum atomic E-state index is -4.54. The Morgan fingerprint density at radius 3 is 2.00 bits per heavy atom. The fourth-order valence-corrected chi connectivity index (χ4v) is 0.420. The van der Waals surface area contributed by atoms with Gasteiger partial charge in [-0.2, -0.15) is 13.2 Å². The molecule has 0 unspecified atom stereocenters. The van der Waals surface area contributed by atoms with Gasteiger partial charge in [0.05, 0.1) is 5.57 Å². The van der Waals surface area contributed by atoms with Crippen LogP contribution in [0.2, 0.25) is 0 Å². The fourth-order valence-electron chi connectivity index (χ4n) is 0.420. The second-order valence-electron chi connectivity index (χ2n) is 1.65. The second kappa shape index (κ2) is 3.58. The van der Waals surface area contributed by atoms with Crippen LogP contribution in [-0.2, 0) is 0 Å². The summed E-state index contributed by atoms with van der Waals surface area (Å²) in [6.45, 7) is 1.67. The summed E-state index contributed by atoms with van der Waals surface area (Å²) in [6.07, 6.45) is -3.84. The summed E-state index contributed by atoms with van der Waals surface area (Å²) in [7, 11) is 0. The van der Waals surface area contributed by atoms with Crippen LogP contribution in [0.1, 0.15) is 6.42 Å². The SMILES string of the molecule is [CH2]CC=C(CF)C(F)(F)F. The first kappa shape index (κ1) is 9.46. The molecule has 4 heteroatoms. The highest BCUT2D eigenvalue weighted by Crippen LogP contribution is 2.25. The summed E-state index contributed by atoms with van der Waals surface area (Å²) in [5, 5.41) is 0. The van der Waals surface area contributed by atoms with Crippen LogP contribution in [0.4, 0.5) is 17.6 Å². The van der Waals surface area contributed by atoms with E-state index in [0.717, 1.165) is 6.08 Å². The lowest BCUT2D eigenvalue weighted by atomic mass is 10.2. The molecular weight excluding hydrogens is 148 g/mol. The number of rotatable bonds is 2. The number of halogens is 4. The Labute approximate surface area is 56.5 Å². The van der Waals surface area contributed by atoms with Gasteiger partial charge >= 0.3 is 6.18 Å². The maximum Gasteiger partial charge on any atom is 0.414 e. The average Bonchev–Trinajstić information content (AvgIpc) is 1.80. The molecule has 1 radical (unpaired) electrons. The number of hydrogen-bond donors (Lipinski definition) is 0. The van der Waals surface area contributed by atoms with Crippen molar-refractivity contribution in [2.24, 2.45) is 0 Å². The lowest BCUT2D eigenvalue weighted by Crippen LogP contribution is -2.13. The topological polar surface area (TPSA) is 0 Å². The molecule has 0 aromatic heterocycles. The minimum Gasteiger partial charge on any atom is -0.246 e. The van der Waals surface area contributed by atoms with Gasteiger partial charge < -0.3 is 0 Å². The van der Waals surface area contributed by atoms with Gasteiger partial charge in [-0.3, -0.25) is 0 Å². The Kier molecular flexibility index (Phi) is 3.39.